The van der Waals surface area contributed by atoms with Crippen molar-refractivity contribution in [3.05, 3.63) is 46.5 Å². The molecule has 2 aromatic heterocycles. The molecule has 112 valence electrons. The Kier molecular flexibility index (Phi) is 4.91. The lowest BCUT2D eigenvalue weighted by atomic mass is 10.2. The third-order valence-electron chi connectivity index (χ3n) is 2.62. The Morgan fingerprint density at radius 1 is 1.32 bits per heavy atom. The fraction of sp³-hybridized carbons (Fsp3) is 0.0714. The molecule has 1 aromatic carbocycles. The number of rotatable bonds is 5. The van der Waals surface area contributed by atoms with Gasteiger partial charge >= 0.3 is 0 Å². The van der Waals surface area contributed by atoms with Gasteiger partial charge in [-0.1, -0.05) is 39.8 Å². The number of thiazole rings is 1. The van der Waals surface area contributed by atoms with Crippen molar-refractivity contribution >= 4 is 50.1 Å². The Balaban J connectivity index is 1.57. The zero-order chi connectivity index (χ0) is 15.4. The highest BCUT2D eigenvalue weighted by Crippen LogP contribution is 2.26. The van der Waals surface area contributed by atoms with Gasteiger partial charge in [-0.3, -0.25) is 4.79 Å². The lowest BCUT2D eigenvalue weighted by Gasteiger charge is -1.99. The summed E-state index contributed by atoms with van der Waals surface area (Å²) in [7, 11) is 0. The van der Waals surface area contributed by atoms with E-state index in [4.69, 9.17) is 4.42 Å². The molecule has 5 nitrogen and oxygen atoms in total. The maximum Gasteiger partial charge on any atom is 0.256 e. The molecular weight excluding hydrogens is 386 g/mol. The molecule has 0 aliphatic heterocycles. The molecule has 22 heavy (non-hydrogen) atoms. The highest BCUT2D eigenvalue weighted by molar-refractivity contribution is 9.10. The number of benzene rings is 1. The number of carbonyl (C=O) groups is 1. The molecule has 1 N–H and O–H groups in total. The zero-order valence-electron chi connectivity index (χ0n) is 11.2. The van der Waals surface area contributed by atoms with Gasteiger partial charge in [-0.15, -0.1) is 11.3 Å². The lowest BCUT2D eigenvalue weighted by Crippen LogP contribution is -2.13. The first-order valence-electron chi connectivity index (χ1n) is 6.24. The van der Waals surface area contributed by atoms with Gasteiger partial charge in [0.25, 0.3) is 5.22 Å². The van der Waals surface area contributed by atoms with E-state index < -0.39 is 0 Å². The smallest absolute Gasteiger partial charge is 0.256 e. The number of halogens is 1. The molecule has 0 fully saturated rings. The second-order valence-electron chi connectivity index (χ2n) is 4.17. The summed E-state index contributed by atoms with van der Waals surface area (Å²) in [5.74, 6) is 0.763. The molecule has 3 rings (SSSR count). The molecule has 0 radical (unpaired) electrons. The third kappa shape index (κ3) is 3.96. The predicted molar refractivity (Wildman–Crippen MR) is 91.1 cm³/mol. The maximum absolute atomic E-state index is 11.8. The van der Waals surface area contributed by atoms with E-state index in [0.29, 0.717) is 16.1 Å². The van der Waals surface area contributed by atoms with Crippen LogP contribution in [-0.2, 0) is 4.79 Å². The van der Waals surface area contributed by atoms with Crippen LogP contribution in [0.1, 0.15) is 0 Å². The van der Waals surface area contributed by atoms with Crippen LogP contribution in [-0.4, -0.2) is 21.6 Å². The Labute approximate surface area is 143 Å². The molecule has 2 heterocycles. The van der Waals surface area contributed by atoms with Crippen LogP contribution in [0.5, 0.6) is 0 Å². The van der Waals surface area contributed by atoms with Crippen LogP contribution < -0.4 is 5.32 Å². The lowest BCUT2D eigenvalue weighted by molar-refractivity contribution is -0.113. The Morgan fingerprint density at radius 3 is 2.86 bits per heavy atom. The number of nitrogens with zero attached hydrogens (tertiary/aromatic N) is 2. The minimum Gasteiger partial charge on any atom is -0.431 e. The largest absolute Gasteiger partial charge is 0.431 e. The van der Waals surface area contributed by atoms with Crippen LogP contribution >= 0.6 is 39.0 Å². The van der Waals surface area contributed by atoms with Gasteiger partial charge in [-0.05, 0) is 12.1 Å². The highest BCUT2D eigenvalue weighted by Gasteiger charge is 2.10. The Morgan fingerprint density at radius 2 is 2.14 bits per heavy atom. The first kappa shape index (κ1) is 15.3. The van der Waals surface area contributed by atoms with E-state index in [0.717, 1.165) is 10.0 Å². The average molecular weight is 396 g/mol. The quantitative estimate of drug-likeness (QED) is 0.652. The third-order valence-corrected chi connectivity index (χ3v) is 4.68. The number of thioether (sulfide) groups is 1. The molecule has 0 saturated carbocycles. The van der Waals surface area contributed by atoms with Crippen molar-refractivity contribution in [1.29, 1.82) is 0 Å². The van der Waals surface area contributed by atoms with Gasteiger partial charge in [0.1, 0.15) is 0 Å². The van der Waals surface area contributed by atoms with Crippen molar-refractivity contribution in [1.82, 2.24) is 9.97 Å². The SMILES string of the molecule is O=C(CSc1ncc(-c2ccc(Br)cc2)o1)Nc1nccs1. The predicted octanol–water partition coefficient (Wildman–Crippen LogP) is 4.29. The monoisotopic (exact) mass is 395 g/mol. The number of hydrogen-bond acceptors (Lipinski definition) is 6. The molecule has 1 amide bonds. The van der Waals surface area contributed by atoms with Gasteiger partial charge in [0.2, 0.25) is 5.91 Å². The van der Waals surface area contributed by atoms with E-state index in [9.17, 15) is 4.79 Å². The summed E-state index contributed by atoms with van der Waals surface area (Å²) < 4.78 is 6.64. The topological polar surface area (TPSA) is 68.0 Å². The first-order chi connectivity index (χ1) is 10.7. The molecule has 0 spiro atoms. The Bertz CT molecular complexity index is 757. The van der Waals surface area contributed by atoms with Crippen LogP contribution in [0.4, 0.5) is 5.13 Å². The van der Waals surface area contributed by atoms with Gasteiger partial charge in [0, 0.05) is 21.6 Å². The molecule has 0 aliphatic carbocycles. The summed E-state index contributed by atoms with van der Waals surface area (Å²) in [6.07, 6.45) is 3.30. The van der Waals surface area contributed by atoms with E-state index in [2.05, 4.69) is 31.2 Å². The summed E-state index contributed by atoms with van der Waals surface area (Å²) in [6, 6.07) is 7.75. The van der Waals surface area contributed by atoms with E-state index >= 15 is 0 Å². The van der Waals surface area contributed by atoms with Crippen LogP contribution in [0.15, 0.2) is 56.2 Å². The van der Waals surface area contributed by atoms with E-state index in [-0.39, 0.29) is 11.7 Å². The van der Waals surface area contributed by atoms with Crippen LogP contribution in [0.3, 0.4) is 0 Å². The summed E-state index contributed by atoms with van der Waals surface area (Å²) in [4.78, 5) is 19.9. The number of anilines is 1. The number of hydrogen-bond donors (Lipinski definition) is 1. The molecule has 3 aromatic rings. The maximum atomic E-state index is 11.8. The number of carbonyl (C=O) groups excluding carboxylic acids is 1. The fourth-order valence-electron chi connectivity index (χ4n) is 1.64. The fourth-order valence-corrected chi connectivity index (χ4v) is 3.05. The van der Waals surface area contributed by atoms with Gasteiger partial charge < -0.3 is 9.73 Å². The van der Waals surface area contributed by atoms with E-state index in [1.54, 1.807) is 17.8 Å². The molecule has 0 atom stereocenters. The van der Waals surface area contributed by atoms with Crippen molar-refractivity contribution < 1.29 is 9.21 Å². The molecular formula is C14H10BrN3O2S2. The standard InChI is InChI=1S/C14H10BrN3O2S2/c15-10-3-1-9(2-4-10)11-7-17-14(20-11)22-8-12(19)18-13-16-5-6-21-13/h1-7H,8H2,(H,16,18,19). The van der Waals surface area contributed by atoms with E-state index in [1.165, 1.54) is 23.1 Å². The van der Waals surface area contributed by atoms with Crippen molar-refractivity contribution in [2.24, 2.45) is 0 Å². The van der Waals surface area contributed by atoms with Crippen LogP contribution in [0.25, 0.3) is 11.3 Å². The zero-order valence-corrected chi connectivity index (χ0v) is 14.4. The molecule has 8 heteroatoms. The molecule has 0 bridgehead atoms. The normalized spacial score (nSPS) is 10.6. The van der Waals surface area contributed by atoms with Crippen LogP contribution in [0.2, 0.25) is 0 Å². The second kappa shape index (κ2) is 7.08. The summed E-state index contributed by atoms with van der Waals surface area (Å²) in [5, 5.41) is 5.57. The number of amides is 1. The minimum atomic E-state index is -0.136. The van der Waals surface area contributed by atoms with Crippen molar-refractivity contribution in [2.75, 3.05) is 11.1 Å². The summed E-state index contributed by atoms with van der Waals surface area (Å²) in [5.41, 5.74) is 0.940. The summed E-state index contributed by atoms with van der Waals surface area (Å²) in [6.45, 7) is 0. The van der Waals surface area contributed by atoms with Crippen molar-refractivity contribution in [3.8, 4) is 11.3 Å². The number of aromatic nitrogens is 2. The van der Waals surface area contributed by atoms with E-state index in [1.807, 2.05) is 24.3 Å². The molecule has 0 unspecified atom stereocenters. The highest BCUT2D eigenvalue weighted by atomic mass is 79.9. The average Bonchev–Trinajstić information content (AvgIpc) is 3.17. The number of nitrogens with one attached hydrogen (secondary N) is 1. The molecule has 0 saturated heterocycles. The van der Waals surface area contributed by atoms with Gasteiger partial charge in [-0.25, -0.2) is 9.97 Å². The Hall–Kier alpha value is -1.64. The molecule has 0 aliphatic rings. The van der Waals surface area contributed by atoms with Crippen LogP contribution in [0, 0.1) is 0 Å². The van der Waals surface area contributed by atoms with Crippen molar-refractivity contribution in [3.63, 3.8) is 0 Å². The van der Waals surface area contributed by atoms with Crippen molar-refractivity contribution in [2.45, 2.75) is 5.22 Å². The summed E-state index contributed by atoms with van der Waals surface area (Å²) >= 11 is 6.02. The van der Waals surface area contributed by atoms with Gasteiger partial charge in [0.05, 0.1) is 11.9 Å². The minimum absolute atomic E-state index is 0.136. The second-order valence-corrected chi connectivity index (χ2v) is 6.91. The number of oxazole rings is 1. The van der Waals surface area contributed by atoms with Gasteiger partial charge in [0.15, 0.2) is 10.9 Å². The van der Waals surface area contributed by atoms with Gasteiger partial charge in [-0.2, -0.15) is 0 Å². The first-order valence-corrected chi connectivity index (χ1v) is 8.90.